The van der Waals surface area contributed by atoms with Gasteiger partial charge in [-0.3, -0.25) is 9.80 Å². The van der Waals surface area contributed by atoms with Gasteiger partial charge in [-0.2, -0.15) is 0 Å². The van der Waals surface area contributed by atoms with E-state index in [4.69, 9.17) is 10.7 Å². The summed E-state index contributed by atoms with van der Waals surface area (Å²) in [7, 11) is 0. The number of nitrogens with one attached hydrogen (secondary N) is 1. The summed E-state index contributed by atoms with van der Waals surface area (Å²) in [5, 5.41) is 1.88. The number of benzene rings is 1. The van der Waals surface area contributed by atoms with E-state index in [-0.39, 0.29) is 18.1 Å². The third-order valence-electron chi connectivity index (χ3n) is 6.69. The molecule has 7 nitrogen and oxygen atoms in total. The largest absolute Gasteiger partial charge is 0.355 e. The Kier molecular flexibility index (Phi) is 5.46. The maximum absolute atomic E-state index is 14.3. The highest BCUT2D eigenvalue weighted by Crippen LogP contribution is 2.30. The molecule has 4 aliphatic rings. The van der Waals surface area contributed by atoms with Gasteiger partial charge in [0.25, 0.3) is 5.91 Å². The number of fused-ring (bicyclic) bond motifs is 1. The summed E-state index contributed by atoms with van der Waals surface area (Å²) in [6.45, 7) is 4.15. The number of likely N-dealkylation sites (tertiary alicyclic amines) is 2. The van der Waals surface area contributed by atoms with Crippen LogP contribution in [-0.4, -0.2) is 64.3 Å². The highest BCUT2D eigenvalue weighted by molar-refractivity contribution is 5.99. The molecule has 5 rings (SSSR count). The number of piperidine rings is 1. The smallest absolute Gasteiger partial charge is 0.260 e. The van der Waals surface area contributed by atoms with Crippen LogP contribution in [0, 0.1) is 11.6 Å². The minimum absolute atomic E-state index is 0.160. The first kappa shape index (κ1) is 21.1. The molecule has 170 valence electrons. The van der Waals surface area contributed by atoms with Crippen molar-refractivity contribution in [3.05, 3.63) is 59.1 Å². The maximum atomic E-state index is 14.3. The Bertz CT molecular complexity index is 1000. The predicted octanol–water partition coefficient (Wildman–Crippen LogP) is 2.34. The molecule has 0 aliphatic carbocycles. The molecule has 1 aromatic carbocycles. The molecule has 4 aliphatic heterocycles. The average molecular weight is 443 g/mol. The second kappa shape index (κ2) is 8.29. The topological polar surface area (TPSA) is 77.2 Å². The van der Waals surface area contributed by atoms with Crippen molar-refractivity contribution in [2.24, 2.45) is 10.7 Å². The number of nitrogens with zero attached hydrogens (tertiary/aromatic N) is 4. The first-order chi connectivity index (χ1) is 15.4. The van der Waals surface area contributed by atoms with Crippen molar-refractivity contribution in [2.45, 2.75) is 50.7 Å². The fourth-order valence-corrected chi connectivity index (χ4v) is 5.07. The lowest BCUT2D eigenvalue weighted by atomic mass is 9.95. The molecule has 0 aromatic heterocycles. The van der Waals surface area contributed by atoms with Crippen LogP contribution >= 0.6 is 0 Å². The van der Waals surface area contributed by atoms with Crippen molar-refractivity contribution in [1.29, 1.82) is 0 Å². The van der Waals surface area contributed by atoms with E-state index in [1.807, 2.05) is 24.2 Å². The van der Waals surface area contributed by atoms with Crippen molar-refractivity contribution < 1.29 is 13.6 Å². The van der Waals surface area contributed by atoms with E-state index in [2.05, 4.69) is 10.3 Å². The molecule has 4 heterocycles. The number of rotatable bonds is 2. The van der Waals surface area contributed by atoms with Crippen LogP contribution in [0.4, 0.5) is 8.78 Å². The number of carbonyl (C=O) groups excluding carboxylic acids is 1. The second-order valence-electron chi connectivity index (χ2n) is 8.95. The van der Waals surface area contributed by atoms with Crippen molar-refractivity contribution in [3.63, 3.8) is 0 Å². The lowest BCUT2D eigenvalue weighted by molar-refractivity contribution is 0.0551. The Hall–Kier alpha value is -2.78. The molecule has 0 saturated carbocycles. The molecule has 2 unspecified atom stereocenters. The molecule has 2 saturated heterocycles. The van der Waals surface area contributed by atoms with Crippen LogP contribution in [0.2, 0.25) is 0 Å². The highest BCUT2D eigenvalue weighted by atomic mass is 19.1. The van der Waals surface area contributed by atoms with Gasteiger partial charge in [0.15, 0.2) is 0 Å². The Balaban J connectivity index is 1.40. The molecule has 2 fully saturated rings. The number of hydrogen-bond donors (Lipinski definition) is 2. The fraction of sp³-hybridized carbons (Fsp3) is 0.478. The van der Waals surface area contributed by atoms with Gasteiger partial charge in [0.2, 0.25) is 0 Å². The molecule has 1 aromatic rings. The molecular formula is C23H28F2N6O. The van der Waals surface area contributed by atoms with Crippen LogP contribution in [0.15, 0.2) is 46.9 Å². The lowest BCUT2D eigenvalue weighted by Crippen LogP contribution is -2.54. The van der Waals surface area contributed by atoms with Gasteiger partial charge in [0, 0.05) is 37.4 Å². The summed E-state index contributed by atoms with van der Waals surface area (Å²) in [6, 6.07) is 3.26. The average Bonchev–Trinajstić information content (AvgIpc) is 3.38. The van der Waals surface area contributed by atoms with Crippen LogP contribution in [0.25, 0.3) is 0 Å². The van der Waals surface area contributed by atoms with Crippen molar-refractivity contribution in [2.75, 3.05) is 19.6 Å². The van der Waals surface area contributed by atoms with E-state index >= 15 is 0 Å². The highest BCUT2D eigenvalue weighted by Gasteiger charge is 2.39. The zero-order valence-corrected chi connectivity index (χ0v) is 18.1. The molecule has 0 radical (unpaired) electrons. The van der Waals surface area contributed by atoms with Gasteiger partial charge in [0.05, 0.1) is 12.1 Å². The monoisotopic (exact) mass is 442 g/mol. The van der Waals surface area contributed by atoms with Crippen LogP contribution in [0.1, 0.15) is 43.0 Å². The zero-order chi connectivity index (χ0) is 22.4. The standard InChI is InChI=1S/C23H28F2N6O/c1-14-12-31-20(27-22(14)29-10-8-15(26)13-29)11-18(28-31)19-7-2-3-9-30(19)23(32)21-16(24)5-4-6-17(21)25/h4-6,11-12,15,18-19,28H,2-3,7-10,13,26H2,1H3/t15-,18?,19?/m0/s1. The molecule has 0 bridgehead atoms. The van der Waals surface area contributed by atoms with E-state index < -0.39 is 23.1 Å². The summed E-state index contributed by atoms with van der Waals surface area (Å²) >= 11 is 0. The Morgan fingerprint density at radius 2 is 1.97 bits per heavy atom. The number of hydrogen-bond acceptors (Lipinski definition) is 6. The first-order valence-electron chi connectivity index (χ1n) is 11.2. The SMILES string of the molecule is CC1=CN2NC(C3CCCCN3C(=O)c3c(F)cccc3F)C=C2N=C1N1CC[C@H](N)C1. The fourth-order valence-electron chi connectivity index (χ4n) is 5.07. The van der Waals surface area contributed by atoms with E-state index in [0.717, 1.165) is 68.1 Å². The number of nitrogens with two attached hydrogens (primary N) is 1. The number of amidine groups is 1. The Labute approximate surface area is 186 Å². The number of halogens is 2. The minimum Gasteiger partial charge on any atom is -0.355 e. The first-order valence-corrected chi connectivity index (χ1v) is 11.2. The van der Waals surface area contributed by atoms with Crippen molar-refractivity contribution in [3.8, 4) is 0 Å². The Morgan fingerprint density at radius 1 is 1.19 bits per heavy atom. The van der Waals surface area contributed by atoms with Gasteiger partial charge in [-0.1, -0.05) is 6.07 Å². The van der Waals surface area contributed by atoms with Gasteiger partial charge in [-0.25, -0.2) is 19.2 Å². The molecular weight excluding hydrogens is 414 g/mol. The van der Waals surface area contributed by atoms with Crippen molar-refractivity contribution >= 4 is 11.7 Å². The quantitative estimate of drug-likeness (QED) is 0.735. The van der Waals surface area contributed by atoms with Gasteiger partial charge < -0.3 is 15.5 Å². The van der Waals surface area contributed by atoms with Crippen LogP contribution < -0.4 is 11.2 Å². The zero-order valence-electron chi connectivity index (χ0n) is 18.1. The number of hydrazine groups is 1. The molecule has 1 amide bonds. The number of aliphatic imine (C=N–C) groups is 1. The van der Waals surface area contributed by atoms with Crippen LogP contribution in [0.3, 0.4) is 0 Å². The van der Waals surface area contributed by atoms with E-state index in [0.29, 0.717) is 6.54 Å². The third kappa shape index (κ3) is 3.69. The predicted molar refractivity (Wildman–Crippen MR) is 117 cm³/mol. The summed E-state index contributed by atoms with van der Waals surface area (Å²) in [4.78, 5) is 21.8. The summed E-state index contributed by atoms with van der Waals surface area (Å²) < 4.78 is 28.6. The van der Waals surface area contributed by atoms with E-state index in [9.17, 15) is 13.6 Å². The number of carbonyl (C=O) groups is 1. The second-order valence-corrected chi connectivity index (χ2v) is 8.95. The van der Waals surface area contributed by atoms with Gasteiger partial charge in [-0.15, -0.1) is 0 Å². The van der Waals surface area contributed by atoms with Crippen LogP contribution in [0.5, 0.6) is 0 Å². The van der Waals surface area contributed by atoms with E-state index in [1.54, 1.807) is 4.90 Å². The third-order valence-corrected chi connectivity index (χ3v) is 6.69. The summed E-state index contributed by atoms with van der Waals surface area (Å²) in [6.07, 6.45) is 7.46. The normalized spacial score (nSPS) is 27.8. The van der Waals surface area contributed by atoms with Crippen LogP contribution in [-0.2, 0) is 0 Å². The lowest BCUT2D eigenvalue weighted by Gasteiger charge is -2.39. The molecule has 0 spiro atoms. The molecule has 3 N–H and O–H groups in total. The van der Waals surface area contributed by atoms with E-state index in [1.165, 1.54) is 6.07 Å². The summed E-state index contributed by atoms with van der Waals surface area (Å²) in [5.74, 6) is -0.562. The summed E-state index contributed by atoms with van der Waals surface area (Å²) in [5.41, 5.74) is 10.0. The van der Waals surface area contributed by atoms with Gasteiger partial charge >= 0.3 is 0 Å². The molecule has 9 heteroatoms. The molecule has 3 atom stereocenters. The maximum Gasteiger partial charge on any atom is 0.260 e. The van der Waals surface area contributed by atoms with Gasteiger partial charge in [0.1, 0.15) is 28.9 Å². The Morgan fingerprint density at radius 3 is 2.69 bits per heavy atom. The minimum atomic E-state index is -0.828. The van der Waals surface area contributed by atoms with Crippen molar-refractivity contribution in [1.82, 2.24) is 20.2 Å². The number of amides is 1. The van der Waals surface area contributed by atoms with Gasteiger partial charge in [-0.05, 0) is 50.8 Å². The molecule has 32 heavy (non-hydrogen) atoms.